The third-order valence-electron chi connectivity index (χ3n) is 3.65. The molecule has 0 aliphatic rings. The zero-order valence-corrected chi connectivity index (χ0v) is 16.9. The van der Waals surface area contributed by atoms with E-state index in [1.807, 2.05) is 13.8 Å². The van der Waals surface area contributed by atoms with Gasteiger partial charge in [-0.05, 0) is 18.4 Å². The number of hydrogen-bond donors (Lipinski definition) is 2. The molecular weight excluding hydrogens is 392 g/mol. The number of nitrogens with zero attached hydrogens (tertiary/aromatic N) is 1. The minimum atomic E-state index is -4.05. The number of benzene rings is 1. The minimum absolute atomic E-state index is 0. The van der Waals surface area contributed by atoms with Gasteiger partial charge in [0.05, 0.1) is 10.7 Å². The van der Waals surface area contributed by atoms with Crippen molar-refractivity contribution in [1.82, 2.24) is 4.31 Å². The maximum Gasteiger partial charge on any atom is 0.245 e. The van der Waals surface area contributed by atoms with Crippen LogP contribution in [0.1, 0.15) is 27.2 Å². The lowest BCUT2D eigenvalue weighted by atomic mass is 10.0. The van der Waals surface area contributed by atoms with E-state index in [9.17, 15) is 17.6 Å². The van der Waals surface area contributed by atoms with Crippen molar-refractivity contribution in [2.75, 3.05) is 18.9 Å². The average Bonchev–Trinajstić information content (AvgIpc) is 2.46. The molecule has 0 aliphatic heterocycles. The van der Waals surface area contributed by atoms with E-state index >= 15 is 0 Å². The van der Waals surface area contributed by atoms with E-state index in [0.717, 1.165) is 16.4 Å². The Balaban J connectivity index is 0.00000576. The maximum absolute atomic E-state index is 14.2. The third kappa shape index (κ3) is 6.38. The second-order valence-electron chi connectivity index (χ2n) is 5.97. The van der Waals surface area contributed by atoms with Crippen molar-refractivity contribution >= 4 is 45.6 Å². The molecule has 144 valence electrons. The highest BCUT2D eigenvalue weighted by atomic mass is 35.5. The Morgan fingerprint density at radius 1 is 1.40 bits per heavy atom. The molecule has 25 heavy (non-hydrogen) atoms. The Labute approximate surface area is 159 Å². The molecule has 1 aromatic rings. The van der Waals surface area contributed by atoms with Crippen LogP contribution in [0.4, 0.5) is 10.1 Å². The highest BCUT2D eigenvalue weighted by molar-refractivity contribution is 7.89. The van der Waals surface area contributed by atoms with Crippen molar-refractivity contribution in [1.29, 1.82) is 0 Å². The molecular formula is C15H24Cl2FN3O3S. The Kier molecular flexibility index (Phi) is 9.32. The van der Waals surface area contributed by atoms with Crippen LogP contribution in [0.5, 0.6) is 0 Å². The molecule has 1 rings (SSSR count). The zero-order valence-electron chi connectivity index (χ0n) is 14.5. The predicted molar refractivity (Wildman–Crippen MR) is 100 cm³/mol. The number of sulfonamides is 1. The van der Waals surface area contributed by atoms with E-state index in [2.05, 4.69) is 5.32 Å². The molecule has 0 spiro atoms. The van der Waals surface area contributed by atoms with Gasteiger partial charge in [-0.25, -0.2) is 17.1 Å². The summed E-state index contributed by atoms with van der Waals surface area (Å²) in [5.74, 6) is -1.21. The monoisotopic (exact) mass is 415 g/mol. The van der Waals surface area contributed by atoms with Crippen LogP contribution < -0.4 is 11.1 Å². The van der Waals surface area contributed by atoms with E-state index in [4.69, 9.17) is 17.3 Å². The molecule has 6 nitrogen and oxygen atoms in total. The largest absolute Gasteiger partial charge is 0.327 e. The summed E-state index contributed by atoms with van der Waals surface area (Å²) in [6.45, 7) is 5.29. The minimum Gasteiger partial charge on any atom is -0.327 e. The number of rotatable bonds is 7. The molecule has 1 unspecified atom stereocenters. The Morgan fingerprint density at radius 2 is 1.96 bits per heavy atom. The molecule has 10 heteroatoms. The van der Waals surface area contributed by atoms with E-state index in [1.165, 1.54) is 14.0 Å². The van der Waals surface area contributed by atoms with Gasteiger partial charge in [0.2, 0.25) is 15.9 Å². The van der Waals surface area contributed by atoms with Gasteiger partial charge in [0.15, 0.2) is 0 Å². The number of anilines is 1. The molecule has 0 bridgehead atoms. The van der Waals surface area contributed by atoms with Gasteiger partial charge in [0.25, 0.3) is 0 Å². The first-order valence-electron chi connectivity index (χ1n) is 7.45. The first-order valence-corrected chi connectivity index (χ1v) is 9.27. The van der Waals surface area contributed by atoms with Crippen molar-refractivity contribution in [3.63, 3.8) is 0 Å². The first-order chi connectivity index (χ1) is 11.0. The van der Waals surface area contributed by atoms with Crippen LogP contribution in [-0.2, 0) is 14.8 Å². The van der Waals surface area contributed by atoms with Gasteiger partial charge >= 0.3 is 0 Å². The molecule has 0 radical (unpaired) electrons. The van der Waals surface area contributed by atoms with Gasteiger partial charge in [0.1, 0.15) is 10.7 Å². The molecule has 0 aromatic heterocycles. The number of nitrogens with one attached hydrogen (secondary N) is 1. The van der Waals surface area contributed by atoms with Crippen LogP contribution in [0.2, 0.25) is 5.02 Å². The normalized spacial score (nSPS) is 12.8. The fourth-order valence-corrected chi connectivity index (χ4v) is 3.49. The van der Waals surface area contributed by atoms with Gasteiger partial charge in [-0.15, -0.1) is 12.4 Å². The Morgan fingerprint density at radius 3 is 2.44 bits per heavy atom. The van der Waals surface area contributed by atoms with Crippen molar-refractivity contribution in [2.45, 2.75) is 38.1 Å². The Bertz CT molecular complexity index is 714. The average molecular weight is 416 g/mol. The number of nitrogens with two attached hydrogens (primary N) is 1. The molecule has 0 saturated carbocycles. The number of amides is 1. The Hall–Kier alpha value is -0.930. The van der Waals surface area contributed by atoms with E-state index in [1.54, 1.807) is 0 Å². The number of halogens is 3. The van der Waals surface area contributed by atoms with Gasteiger partial charge in [0, 0.05) is 32.6 Å². The molecule has 3 N–H and O–H groups in total. The van der Waals surface area contributed by atoms with Gasteiger partial charge in [-0.1, -0.05) is 25.4 Å². The van der Waals surface area contributed by atoms with Crippen molar-refractivity contribution in [3.05, 3.63) is 23.0 Å². The van der Waals surface area contributed by atoms with E-state index in [0.29, 0.717) is 6.42 Å². The fraction of sp³-hybridized carbons (Fsp3) is 0.533. The van der Waals surface area contributed by atoms with Crippen LogP contribution in [0.25, 0.3) is 0 Å². The smallest absolute Gasteiger partial charge is 0.245 e. The van der Waals surface area contributed by atoms with Crippen LogP contribution in [0.15, 0.2) is 17.0 Å². The lowest BCUT2D eigenvalue weighted by Gasteiger charge is -2.22. The topological polar surface area (TPSA) is 92.5 Å². The summed E-state index contributed by atoms with van der Waals surface area (Å²) >= 11 is 5.94. The summed E-state index contributed by atoms with van der Waals surface area (Å²) in [4.78, 5) is 10.5. The molecule has 1 amide bonds. The predicted octanol–water partition coefficient (Wildman–Crippen LogP) is 2.85. The van der Waals surface area contributed by atoms with Crippen LogP contribution in [-0.4, -0.2) is 38.3 Å². The van der Waals surface area contributed by atoms with E-state index < -0.39 is 26.6 Å². The third-order valence-corrected chi connectivity index (χ3v) is 5.84. The second kappa shape index (κ2) is 9.68. The van der Waals surface area contributed by atoms with Crippen LogP contribution >= 0.6 is 24.0 Å². The van der Waals surface area contributed by atoms with Crippen molar-refractivity contribution in [2.24, 2.45) is 11.7 Å². The molecule has 1 atom stereocenters. The standard InChI is InChI=1S/C15H23ClFN3O3S.ClH/c1-9(2)13(18)5-6-20(4)24(22,23)15-7-11(16)14(8-12(15)17)19-10(3)21;/h7-9,13H,5-6,18H2,1-4H3,(H,19,21);1H. The first kappa shape index (κ1) is 24.1. The van der Waals surface area contributed by atoms with Crippen LogP contribution in [0.3, 0.4) is 0 Å². The molecule has 0 fully saturated rings. The van der Waals surface area contributed by atoms with Gasteiger partial charge in [-0.3, -0.25) is 4.79 Å². The zero-order chi connectivity index (χ0) is 18.7. The maximum atomic E-state index is 14.2. The van der Waals surface area contributed by atoms with E-state index in [-0.39, 0.29) is 41.6 Å². The summed E-state index contributed by atoms with van der Waals surface area (Å²) in [6.07, 6.45) is 0.451. The fourth-order valence-electron chi connectivity index (χ4n) is 1.96. The highest BCUT2D eigenvalue weighted by Gasteiger charge is 2.26. The highest BCUT2D eigenvalue weighted by Crippen LogP contribution is 2.29. The molecule has 0 aliphatic carbocycles. The van der Waals surface area contributed by atoms with Crippen molar-refractivity contribution < 1.29 is 17.6 Å². The summed E-state index contributed by atoms with van der Waals surface area (Å²) in [5.41, 5.74) is 5.93. The number of hydrogen-bond acceptors (Lipinski definition) is 4. The second-order valence-corrected chi connectivity index (χ2v) is 8.39. The lowest BCUT2D eigenvalue weighted by molar-refractivity contribution is -0.114. The molecule has 0 heterocycles. The lowest BCUT2D eigenvalue weighted by Crippen LogP contribution is -2.35. The summed E-state index contributed by atoms with van der Waals surface area (Å²) in [6, 6.07) is 1.74. The molecule has 0 saturated heterocycles. The SMILES string of the molecule is CC(=O)Nc1cc(F)c(S(=O)(=O)N(C)CCC(N)C(C)C)cc1Cl.Cl. The summed E-state index contributed by atoms with van der Waals surface area (Å²) in [7, 11) is -2.69. The molecule has 1 aromatic carbocycles. The van der Waals surface area contributed by atoms with Gasteiger partial charge < -0.3 is 11.1 Å². The number of carbonyl (C=O) groups excluding carboxylic acids is 1. The quantitative estimate of drug-likeness (QED) is 0.715. The summed E-state index contributed by atoms with van der Waals surface area (Å²) in [5, 5.41) is 2.28. The van der Waals surface area contributed by atoms with Crippen molar-refractivity contribution in [3.8, 4) is 0 Å². The number of carbonyl (C=O) groups is 1. The van der Waals surface area contributed by atoms with Crippen LogP contribution in [0, 0.1) is 11.7 Å². The summed E-state index contributed by atoms with van der Waals surface area (Å²) < 4.78 is 40.3. The van der Waals surface area contributed by atoms with Gasteiger partial charge in [-0.2, -0.15) is 0 Å².